The van der Waals surface area contributed by atoms with Crippen molar-refractivity contribution in [3.63, 3.8) is 0 Å². The Labute approximate surface area is 173 Å². The third-order valence-corrected chi connectivity index (χ3v) is 6.03. The number of nitrogens with zero attached hydrogens (tertiary/aromatic N) is 4. The first-order valence-corrected chi connectivity index (χ1v) is 10.4. The number of hydrogen-bond donors (Lipinski definition) is 1. The van der Waals surface area contributed by atoms with Gasteiger partial charge in [-0.15, -0.1) is 0 Å². The summed E-state index contributed by atoms with van der Waals surface area (Å²) in [6, 6.07) is 4.51. The average molecular weight is 421 g/mol. The lowest BCUT2D eigenvalue weighted by molar-refractivity contribution is -0.174. The smallest absolute Gasteiger partial charge is 0.367 e. The lowest BCUT2D eigenvalue weighted by Gasteiger charge is -2.35. The van der Waals surface area contributed by atoms with E-state index in [1.54, 1.807) is 35.4 Å². The molecule has 0 aliphatic carbocycles. The molecule has 2 aromatic heterocycles. The molecule has 2 aromatic rings. The number of carbonyl (C=O) groups is 1. The Morgan fingerprint density at radius 2 is 2.07 bits per heavy atom. The van der Waals surface area contributed by atoms with Gasteiger partial charge in [0.05, 0.1) is 11.7 Å². The van der Waals surface area contributed by atoms with E-state index in [0.29, 0.717) is 30.2 Å². The summed E-state index contributed by atoms with van der Waals surface area (Å²) in [5, 5.41) is 7.58. The number of halogens is 3. The maximum atomic E-state index is 13.8. The number of rotatable bonds is 3. The largest absolute Gasteiger partial charge is 0.410 e. The minimum absolute atomic E-state index is 0.0545. The standard InChI is InChI=1S/C21H26F3N5O/c1-13(2)15-11-18(21(22,23)24)29-19(26-15)12-16(27-29)17-8-4-6-10-28(17)20(30)14-7-3-5-9-25-14/h3,5,7,9,12-13,15,17-18,26H,4,6,8,10-11H2,1-2H3/t15-,17+,18+/m0/s1. The molecule has 0 aromatic carbocycles. The Morgan fingerprint density at radius 1 is 1.27 bits per heavy atom. The lowest BCUT2D eigenvalue weighted by atomic mass is 9.94. The van der Waals surface area contributed by atoms with Gasteiger partial charge >= 0.3 is 6.18 Å². The Hall–Kier alpha value is -2.58. The number of carbonyl (C=O) groups excluding carboxylic acids is 1. The van der Waals surface area contributed by atoms with Crippen LogP contribution in [0.15, 0.2) is 30.5 Å². The summed E-state index contributed by atoms with van der Waals surface area (Å²) < 4.78 is 42.4. The second-order valence-electron chi connectivity index (χ2n) is 8.41. The van der Waals surface area contributed by atoms with E-state index >= 15 is 0 Å². The molecule has 0 unspecified atom stereocenters. The van der Waals surface area contributed by atoms with Gasteiger partial charge in [-0.25, -0.2) is 4.68 Å². The molecule has 3 atom stereocenters. The summed E-state index contributed by atoms with van der Waals surface area (Å²) in [6.07, 6.45) is -0.477. The fraction of sp³-hybridized carbons (Fsp3) is 0.571. The number of fused-ring (bicyclic) bond motifs is 1. The summed E-state index contributed by atoms with van der Waals surface area (Å²) in [6.45, 7) is 4.35. The van der Waals surface area contributed by atoms with Crippen LogP contribution >= 0.6 is 0 Å². The van der Waals surface area contributed by atoms with Crippen LogP contribution < -0.4 is 5.32 Å². The van der Waals surface area contributed by atoms with E-state index in [9.17, 15) is 18.0 Å². The Bertz CT molecular complexity index is 896. The molecule has 0 radical (unpaired) electrons. The van der Waals surface area contributed by atoms with Gasteiger partial charge in [-0.05, 0) is 43.7 Å². The summed E-state index contributed by atoms with van der Waals surface area (Å²) in [5.41, 5.74) is 0.833. The van der Waals surface area contributed by atoms with Crippen molar-refractivity contribution in [3.8, 4) is 0 Å². The maximum Gasteiger partial charge on any atom is 0.410 e. The molecule has 1 saturated heterocycles. The average Bonchev–Trinajstić information content (AvgIpc) is 3.16. The quantitative estimate of drug-likeness (QED) is 0.788. The predicted molar refractivity (Wildman–Crippen MR) is 106 cm³/mol. The molecule has 2 aliphatic heterocycles. The Kier molecular flexibility index (Phi) is 5.46. The van der Waals surface area contributed by atoms with E-state index in [4.69, 9.17) is 0 Å². The third kappa shape index (κ3) is 3.89. The molecule has 0 saturated carbocycles. The zero-order valence-electron chi connectivity index (χ0n) is 17.1. The molecule has 1 fully saturated rings. The topological polar surface area (TPSA) is 63.1 Å². The number of likely N-dealkylation sites (tertiary alicyclic amines) is 1. The van der Waals surface area contributed by atoms with E-state index < -0.39 is 12.2 Å². The summed E-state index contributed by atoms with van der Waals surface area (Å²) in [5.74, 6) is 0.207. The third-order valence-electron chi connectivity index (χ3n) is 6.03. The number of nitrogens with one attached hydrogen (secondary N) is 1. The second-order valence-corrected chi connectivity index (χ2v) is 8.41. The highest BCUT2D eigenvalue weighted by atomic mass is 19.4. The van der Waals surface area contributed by atoms with E-state index in [1.807, 2.05) is 13.8 Å². The molecule has 0 bridgehead atoms. The first-order valence-electron chi connectivity index (χ1n) is 10.4. The van der Waals surface area contributed by atoms with Gasteiger partial charge in [0.25, 0.3) is 5.91 Å². The highest BCUT2D eigenvalue weighted by molar-refractivity contribution is 5.92. The van der Waals surface area contributed by atoms with Crippen LogP contribution in [0.2, 0.25) is 0 Å². The summed E-state index contributed by atoms with van der Waals surface area (Å²) in [4.78, 5) is 18.9. The van der Waals surface area contributed by atoms with Crippen molar-refractivity contribution in [2.45, 2.75) is 63.8 Å². The fourth-order valence-electron chi connectivity index (χ4n) is 4.34. The van der Waals surface area contributed by atoms with E-state index in [1.165, 1.54) is 0 Å². The van der Waals surface area contributed by atoms with Crippen LogP contribution in [0.1, 0.15) is 67.8 Å². The van der Waals surface area contributed by atoms with Crippen LogP contribution in [0.5, 0.6) is 0 Å². The number of hydrogen-bond acceptors (Lipinski definition) is 4. The first kappa shape index (κ1) is 20.7. The normalized spacial score (nSPS) is 24.5. The number of alkyl halides is 3. The van der Waals surface area contributed by atoms with Crippen LogP contribution in [0, 0.1) is 5.92 Å². The van der Waals surface area contributed by atoms with Crippen molar-refractivity contribution in [2.75, 3.05) is 11.9 Å². The molecule has 4 rings (SSSR count). The van der Waals surface area contributed by atoms with Crippen molar-refractivity contribution in [3.05, 3.63) is 41.9 Å². The number of pyridine rings is 1. The second kappa shape index (κ2) is 7.92. The number of aromatic nitrogens is 3. The van der Waals surface area contributed by atoms with Crippen LogP contribution in [0.4, 0.5) is 19.0 Å². The highest BCUT2D eigenvalue weighted by Crippen LogP contribution is 2.42. The molecular weight excluding hydrogens is 395 g/mol. The fourth-order valence-corrected chi connectivity index (χ4v) is 4.34. The van der Waals surface area contributed by atoms with Crippen LogP contribution in [-0.4, -0.2) is 44.3 Å². The van der Waals surface area contributed by atoms with Crippen LogP contribution in [0.3, 0.4) is 0 Å². The number of anilines is 1. The van der Waals surface area contributed by atoms with Gasteiger partial charge in [0.15, 0.2) is 6.04 Å². The van der Waals surface area contributed by atoms with Gasteiger partial charge in [-0.2, -0.15) is 18.3 Å². The van der Waals surface area contributed by atoms with Crippen LogP contribution in [-0.2, 0) is 0 Å². The summed E-state index contributed by atoms with van der Waals surface area (Å²) >= 11 is 0. The predicted octanol–water partition coefficient (Wildman–Crippen LogP) is 4.59. The van der Waals surface area contributed by atoms with Gasteiger partial charge in [-0.1, -0.05) is 19.9 Å². The molecule has 6 nitrogen and oxygen atoms in total. The molecular formula is C21H26F3N5O. The first-order chi connectivity index (χ1) is 14.3. The summed E-state index contributed by atoms with van der Waals surface area (Å²) in [7, 11) is 0. The van der Waals surface area contributed by atoms with Crippen molar-refractivity contribution in [1.29, 1.82) is 0 Å². The van der Waals surface area contributed by atoms with Gasteiger partial charge in [0.2, 0.25) is 0 Å². The van der Waals surface area contributed by atoms with Gasteiger partial charge in [-0.3, -0.25) is 9.78 Å². The van der Waals surface area contributed by atoms with E-state index in [-0.39, 0.29) is 30.3 Å². The van der Waals surface area contributed by atoms with Crippen molar-refractivity contribution in [2.24, 2.45) is 5.92 Å². The minimum atomic E-state index is -4.39. The van der Waals surface area contributed by atoms with Crippen molar-refractivity contribution in [1.82, 2.24) is 19.7 Å². The van der Waals surface area contributed by atoms with Crippen molar-refractivity contribution < 1.29 is 18.0 Å². The number of piperidine rings is 1. The molecule has 1 amide bonds. The van der Waals surface area contributed by atoms with E-state index in [2.05, 4.69) is 15.4 Å². The zero-order valence-corrected chi connectivity index (χ0v) is 17.1. The van der Waals surface area contributed by atoms with Gasteiger partial charge in [0, 0.05) is 24.8 Å². The Balaban J connectivity index is 1.67. The minimum Gasteiger partial charge on any atom is -0.367 e. The van der Waals surface area contributed by atoms with Crippen LogP contribution in [0.25, 0.3) is 0 Å². The molecule has 0 spiro atoms. The number of amides is 1. The molecule has 162 valence electrons. The molecule has 30 heavy (non-hydrogen) atoms. The van der Waals surface area contributed by atoms with Gasteiger partial charge < -0.3 is 10.2 Å². The maximum absolute atomic E-state index is 13.8. The zero-order chi connectivity index (χ0) is 21.5. The van der Waals surface area contributed by atoms with E-state index in [0.717, 1.165) is 17.5 Å². The molecule has 4 heterocycles. The molecule has 2 aliphatic rings. The monoisotopic (exact) mass is 421 g/mol. The van der Waals surface area contributed by atoms with Gasteiger partial charge in [0.1, 0.15) is 11.5 Å². The lowest BCUT2D eigenvalue weighted by Crippen LogP contribution is -2.41. The molecule has 9 heteroatoms. The highest BCUT2D eigenvalue weighted by Gasteiger charge is 2.47. The Morgan fingerprint density at radius 3 is 2.73 bits per heavy atom. The SMILES string of the molecule is CC(C)[C@@H]1C[C@H](C(F)(F)F)n2nc([C@H]3CCCCN3C(=O)c3ccccn3)cc2N1. The molecule has 1 N–H and O–H groups in total. The van der Waals surface area contributed by atoms with Crippen molar-refractivity contribution >= 4 is 11.7 Å².